The first-order chi connectivity index (χ1) is 17.0. The molecule has 5 rings (SSSR count). The fraction of sp³-hybridized carbons (Fsp3) is 0.296. The maximum atomic E-state index is 10.8. The van der Waals surface area contributed by atoms with E-state index in [9.17, 15) is 5.11 Å². The lowest BCUT2D eigenvalue weighted by atomic mass is 9.99. The Morgan fingerprint density at radius 3 is 2.74 bits per heavy atom. The van der Waals surface area contributed by atoms with Crippen molar-refractivity contribution in [2.24, 2.45) is 0 Å². The molecule has 0 saturated carbocycles. The molecule has 0 fully saturated rings. The summed E-state index contributed by atoms with van der Waals surface area (Å²) in [7, 11) is 3.72. The third-order valence-electron chi connectivity index (χ3n) is 6.51. The number of benzene rings is 1. The molecule has 4 heterocycles. The van der Waals surface area contributed by atoms with Gasteiger partial charge in [-0.3, -0.25) is 4.90 Å². The number of pyridine rings is 1. The van der Waals surface area contributed by atoms with Crippen molar-refractivity contribution in [1.82, 2.24) is 29.8 Å². The van der Waals surface area contributed by atoms with Gasteiger partial charge in [-0.15, -0.1) is 0 Å². The van der Waals surface area contributed by atoms with Gasteiger partial charge >= 0.3 is 0 Å². The highest BCUT2D eigenvalue weighted by Crippen LogP contribution is 2.21. The average molecular weight is 482 g/mol. The van der Waals surface area contributed by atoms with Crippen LogP contribution in [0, 0.1) is 6.92 Å². The van der Waals surface area contributed by atoms with Crippen LogP contribution in [0.25, 0.3) is 22.6 Å². The van der Waals surface area contributed by atoms with Crippen LogP contribution in [-0.4, -0.2) is 65.6 Å². The Morgan fingerprint density at radius 1 is 1.11 bits per heavy atom. The molecule has 7 nitrogen and oxygen atoms in total. The van der Waals surface area contributed by atoms with Crippen molar-refractivity contribution >= 4 is 21.6 Å². The van der Waals surface area contributed by atoms with Crippen LogP contribution >= 0.6 is 0 Å². The van der Waals surface area contributed by atoms with Crippen molar-refractivity contribution in [3.05, 3.63) is 90.0 Å². The molecule has 0 saturated heterocycles. The number of hydrogen-bond acceptors (Lipinski definition) is 6. The highest BCUT2D eigenvalue weighted by atomic mass is 28.1. The molecule has 1 aliphatic rings. The molecule has 8 heteroatoms. The molecular formula is C27H29N6OSi. The van der Waals surface area contributed by atoms with Crippen molar-refractivity contribution in [3.63, 3.8) is 0 Å². The van der Waals surface area contributed by atoms with Crippen molar-refractivity contribution in [1.29, 1.82) is 0 Å². The highest BCUT2D eigenvalue weighted by molar-refractivity contribution is 6.12. The largest absolute Gasteiger partial charge is 0.392 e. The average Bonchev–Trinajstić information content (AvgIpc) is 3.31. The summed E-state index contributed by atoms with van der Waals surface area (Å²) in [5.74, 6) is 0. The van der Waals surface area contributed by atoms with Crippen LogP contribution in [-0.2, 0) is 13.0 Å². The highest BCUT2D eigenvalue weighted by Gasteiger charge is 2.22. The second-order valence-electron chi connectivity index (χ2n) is 9.16. The fourth-order valence-corrected chi connectivity index (χ4v) is 4.61. The molecule has 1 unspecified atom stereocenters. The van der Waals surface area contributed by atoms with E-state index in [0.717, 1.165) is 47.8 Å². The lowest BCUT2D eigenvalue weighted by Gasteiger charge is -2.32. The van der Waals surface area contributed by atoms with E-state index in [-0.39, 0.29) is 5.54 Å². The standard InChI is InChI=1S/C27H29N6OSi/c1-18-7-9-23(31-30-18)22-8-10-27-29-24(16-33(27)15-22)19(2)28-13-26(35)25(34)17-32-12-11-20-5-3-4-6-21(20)14-32/h3-10,15-16,25-26,28,34H,2,11-14,17H2,1H3/t25-,26?/m1/s1. The number of β-amino-alcohol motifs (C(OH)–C–C–N with tert-alkyl or cyclic N) is 1. The Labute approximate surface area is 209 Å². The predicted molar refractivity (Wildman–Crippen MR) is 139 cm³/mol. The van der Waals surface area contributed by atoms with Gasteiger partial charge in [-0.25, -0.2) is 4.98 Å². The van der Waals surface area contributed by atoms with Gasteiger partial charge in [0.05, 0.1) is 23.2 Å². The molecule has 0 bridgehead atoms. The minimum atomic E-state index is -0.503. The number of nitrogens with one attached hydrogen (secondary N) is 1. The van der Waals surface area contributed by atoms with Gasteiger partial charge in [0.2, 0.25) is 0 Å². The van der Waals surface area contributed by atoms with Crippen molar-refractivity contribution in [3.8, 4) is 11.3 Å². The molecule has 2 N–H and O–H groups in total. The molecule has 35 heavy (non-hydrogen) atoms. The summed E-state index contributed by atoms with van der Waals surface area (Å²) in [6.07, 6.45) is 4.46. The molecule has 3 aromatic heterocycles. The number of imidazole rings is 1. The lowest BCUT2D eigenvalue weighted by Crippen LogP contribution is -2.40. The van der Waals surface area contributed by atoms with E-state index in [0.29, 0.717) is 18.8 Å². The zero-order chi connectivity index (χ0) is 24.4. The number of aliphatic hydroxyl groups is 1. The Hall–Kier alpha value is -3.33. The van der Waals surface area contributed by atoms with E-state index >= 15 is 0 Å². The maximum Gasteiger partial charge on any atom is 0.137 e. The fourth-order valence-electron chi connectivity index (χ4n) is 4.40. The Kier molecular flexibility index (Phi) is 6.76. The number of aryl methyl sites for hydroxylation is 1. The van der Waals surface area contributed by atoms with Crippen LogP contribution in [0.3, 0.4) is 0 Å². The molecule has 4 aromatic rings. The van der Waals surface area contributed by atoms with Crippen LogP contribution < -0.4 is 5.32 Å². The maximum absolute atomic E-state index is 10.8. The number of nitrogens with zero attached hydrogens (tertiary/aromatic N) is 5. The minimum absolute atomic E-state index is 0.118. The predicted octanol–water partition coefficient (Wildman–Crippen LogP) is 3.04. The van der Waals surface area contributed by atoms with Crippen LogP contribution in [0.5, 0.6) is 0 Å². The molecule has 2 atom stereocenters. The first-order valence-corrected chi connectivity index (χ1v) is 12.4. The quantitative estimate of drug-likeness (QED) is 0.377. The third-order valence-corrected chi connectivity index (χ3v) is 7.10. The molecule has 1 aromatic carbocycles. The summed E-state index contributed by atoms with van der Waals surface area (Å²) < 4.78 is 1.97. The number of hydrogen-bond donors (Lipinski definition) is 2. The van der Waals surface area contributed by atoms with E-state index in [1.807, 2.05) is 48.0 Å². The van der Waals surface area contributed by atoms with E-state index < -0.39 is 6.10 Å². The van der Waals surface area contributed by atoms with Crippen LogP contribution in [0.2, 0.25) is 5.54 Å². The molecule has 0 amide bonds. The van der Waals surface area contributed by atoms with Gasteiger partial charge in [-0.2, -0.15) is 10.2 Å². The Balaban J connectivity index is 1.17. The van der Waals surface area contributed by atoms with Crippen molar-refractivity contribution in [2.45, 2.75) is 31.5 Å². The topological polar surface area (TPSA) is 78.6 Å². The van der Waals surface area contributed by atoms with Gasteiger partial charge in [0, 0.05) is 54.4 Å². The second-order valence-corrected chi connectivity index (χ2v) is 9.90. The van der Waals surface area contributed by atoms with E-state index in [4.69, 9.17) is 0 Å². The van der Waals surface area contributed by atoms with Crippen molar-refractivity contribution < 1.29 is 5.11 Å². The summed E-state index contributed by atoms with van der Waals surface area (Å²) in [6, 6.07) is 16.4. The van der Waals surface area contributed by atoms with Crippen LogP contribution in [0.1, 0.15) is 22.5 Å². The summed E-state index contributed by atoms with van der Waals surface area (Å²) in [5, 5.41) is 22.5. The summed E-state index contributed by atoms with van der Waals surface area (Å²) >= 11 is 0. The summed E-state index contributed by atoms with van der Waals surface area (Å²) in [5.41, 5.74) is 7.63. The number of aliphatic hydroxyl groups excluding tert-OH is 1. The van der Waals surface area contributed by atoms with Gasteiger partial charge in [0.15, 0.2) is 0 Å². The number of aromatic nitrogens is 4. The van der Waals surface area contributed by atoms with Gasteiger partial charge in [-0.05, 0) is 54.3 Å². The number of fused-ring (bicyclic) bond motifs is 2. The third kappa shape index (κ3) is 5.34. The van der Waals surface area contributed by atoms with Crippen molar-refractivity contribution in [2.75, 3.05) is 19.6 Å². The smallest absolute Gasteiger partial charge is 0.137 e. The van der Waals surface area contributed by atoms with Gasteiger partial charge in [0.25, 0.3) is 0 Å². The second kappa shape index (κ2) is 10.1. The Bertz CT molecular complexity index is 1340. The monoisotopic (exact) mass is 481 g/mol. The van der Waals surface area contributed by atoms with Crippen LogP contribution in [0.15, 0.2) is 67.5 Å². The summed E-state index contributed by atoms with van der Waals surface area (Å²) in [4.78, 5) is 6.99. The lowest BCUT2D eigenvalue weighted by molar-refractivity contribution is 0.100. The molecule has 177 valence electrons. The van der Waals surface area contributed by atoms with E-state index in [1.54, 1.807) is 0 Å². The van der Waals surface area contributed by atoms with E-state index in [2.05, 4.69) is 66.5 Å². The first kappa shape index (κ1) is 23.4. The molecule has 0 aliphatic carbocycles. The minimum Gasteiger partial charge on any atom is -0.392 e. The SMILES string of the molecule is C=C(NCC([Si])[C@H](O)CN1CCc2ccccc2C1)c1cn2cc(-c3ccc(C)nn3)ccc2n1. The summed E-state index contributed by atoms with van der Waals surface area (Å²) in [6.45, 7) is 9.08. The zero-order valence-electron chi connectivity index (χ0n) is 19.9. The molecular weight excluding hydrogens is 452 g/mol. The van der Waals surface area contributed by atoms with Gasteiger partial charge in [0.1, 0.15) is 11.3 Å². The molecule has 3 radical (unpaired) electrons. The van der Waals surface area contributed by atoms with E-state index in [1.165, 1.54) is 11.1 Å². The first-order valence-electron chi connectivity index (χ1n) is 11.9. The van der Waals surface area contributed by atoms with Crippen LogP contribution in [0.4, 0.5) is 0 Å². The number of rotatable bonds is 8. The zero-order valence-corrected chi connectivity index (χ0v) is 20.9. The Morgan fingerprint density at radius 2 is 1.94 bits per heavy atom. The van der Waals surface area contributed by atoms with Gasteiger partial charge in [-0.1, -0.05) is 30.8 Å². The molecule has 1 aliphatic heterocycles. The normalized spacial score (nSPS) is 15.5. The van der Waals surface area contributed by atoms with Gasteiger partial charge < -0.3 is 14.8 Å². The molecule has 0 spiro atoms.